The molecule has 1 aliphatic heterocycles. The van der Waals surface area contributed by atoms with Crippen LogP contribution >= 0.6 is 0 Å². The Balaban J connectivity index is 1.99. The minimum absolute atomic E-state index is 0.0656. The van der Waals surface area contributed by atoms with E-state index in [2.05, 4.69) is 39.1 Å². The Kier molecular flexibility index (Phi) is 3.42. The summed E-state index contributed by atoms with van der Waals surface area (Å²) in [5.74, 6) is 0.853. The second-order valence-corrected chi connectivity index (χ2v) is 4.76. The lowest BCUT2D eigenvalue weighted by atomic mass is 10.1. The molecule has 0 fully saturated rings. The van der Waals surface area contributed by atoms with Crippen molar-refractivity contribution in [1.82, 2.24) is 9.97 Å². The van der Waals surface area contributed by atoms with E-state index in [0.717, 1.165) is 25.2 Å². The first-order valence-corrected chi connectivity index (χ1v) is 6.66. The Hall–Kier alpha value is -1.94. The molecule has 0 spiro atoms. The van der Waals surface area contributed by atoms with Gasteiger partial charge in [-0.15, -0.1) is 0 Å². The number of hydrogen-bond acceptors (Lipinski definition) is 4. The standard InChI is InChI=1S/C15H17N3O/c19-11-13-9-17-15(10-16-13)18-8-4-3-6-12-5-1-2-7-14(12)18/h1-2,5,7,9-10,19H,3-4,6,8,11H2. The molecule has 0 radical (unpaired) electrons. The fraction of sp³-hybridized carbons (Fsp3) is 0.333. The molecular formula is C15H17N3O. The van der Waals surface area contributed by atoms with E-state index in [0.29, 0.717) is 5.69 Å². The third-order valence-electron chi connectivity index (χ3n) is 3.49. The van der Waals surface area contributed by atoms with Crippen LogP contribution in [0.2, 0.25) is 0 Å². The van der Waals surface area contributed by atoms with Crippen molar-refractivity contribution in [2.24, 2.45) is 0 Å². The number of aromatic nitrogens is 2. The highest BCUT2D eigenvalue weighted by Gasteiger charge is 2.17. The zero-order valence-electron chi connectivity index (χ0n) is 10.8. The number of anilines is 2. The molecule has 2 heterocycles. The van der Waals surface area contributed by atoms with Crippen molar-refractivity contribution in [1.29, 1.82) is 0 Å². The monoisotopic (exact) mass is 255 g/mol. The van der Waals surface area contributed by atoms with Gasteiger partial charge >= 0.3 is 0 Å². The number of aliphatic hydroxyl groups excluding tert-OH is 1. The topological polar surface area (TPSA) is 49.3 Å². The second kappa shape index (κ2) is 5.36. The number of nitrogens with zero attached hydrogens (tertiary/aromatic N) is 3. The van der Waals surface area contributed by atoms with E-state index in [-0.39, 0.29) is 6.61 Å². The van der Waals surface area contributed by atoms with Crippen LogP contribution in [0.15, 0.2) is 36.7 Å². The van der Waals surface area contributed by atoms with Gasteiger partial charge in [0.1, 0.15) is 0 Å². The lowest BCUT2D eigenvalue weighted by Gasteiger charge is -2.23. The Morgan fingerprint density at radius 3 is 2.79 bits per heavy atom. The van der Waals surface area contributed by atoms with Gasteiger partial charge in [-0.2, -0.15) is 0 Å². The number of fused-ring (bicyclic) bond motifs is 1. The zero-order valence-corrected chi connectivity index (χ0v) is 10.8. The van der Waals surface area contributed by atoms with Crippen LogP contribution in [0.25, 0.3) is 0 Å². The summed E-state index contributed by atoms with van der Waals surface area (Å²) in [5, 5.41) is 9.03. The lowest BCUT2D eigenvalue weighted by Crippen LogP contribution is -2.19. The SMILES string of the molecule is OCc1cnc(N2CCCCc3ccccc32)cn1. The average Bonchev–Trinajstić information content (AvgIpc) is 2.70. The summed E-state index contributed by atoms with van der Waals surface area (Å²) < 4.78 is 0. The Bertz CT molecular complexity index is 554. The molecule has 2 aromatic rings. The maximum Gasteiger partial charge on any atom is 0.151 e. The molecule has 1 aromatic carbocycles. The summed E-state index contributed by atoms with van der Waals surface area (Å²) in [6, 6.07) is 8.47. The minimum atomic E-state index is -0.0656. The predicted molar refractivity (Wildman–Crippen MR) is 74.3 cm³/mol. The highest BCUT2D eigenvalue weighted by molar-refractivity contribution is 5.63. The minimum Gasteiger partial charge on any atom is -0.390 e. The van der Waals surface area contributed by atoms with E-state index in [1.54, 1.807) is 12.4 Å². The molecule has 1 aromatic heterocycles. The van der Waals surface area contributed by atoms with Crippen LogP contribution < -0.4 is 4.90 Å². The van der Waals surface area contributed by atoms with Crippen molar-refractivity contribution in [3.05, 3.63) is 47.9 Å². The molecule has 0 bridgehead atoms. The van der Waals surface area contributed by atoms with Crippen LogP contribution in [0.1, 0.15) is 24.1 Å². The van der Waals surface area contributed by atoms with Gasteiger partial charge in [0.05, 0.1) is 24.7 Å². The summed E-state index contributed by atoms with van der Waals surface area (Å²) in [6.07, 6.45) is 6.86. The molecule has 0 saturated carbocycles. The van der Waals surface area contributed by atoms with Crippen molar-refractivity contribution in [3.8, 4) is 0 Å². The maximum absolute atomic E-state index is 9.03. The number of aliphatic hydroxyl groups is 1. The summed E-state index contributed by atoms with van der Waals surface area (Å²) in [5.41, 5.74) is 3.20. The van der Waals surface area contributed by atoms with Gasteiger partial charge in [0.15, 0.2) is 5.82 Å². The molecule has 1 N–H and O–H groups in total. The number of aryl methyl sites for hydroxylation is 1. The molecule has 4 nitrogen and oxygen atoms in total. The van der Waals surface area contributed by atoms with Crippen LogP contribution in [0.3, 0.4) is 0 Å². The van der Waals surface area contributed by atoms with E-state index < -0.39 is 0 Å². The van der Waals surface area contributed by atoms with Crippen molar-refractivity contribution in [2.75, 3.05) is 11.4 Å². The van der Waals surface area contributed by atoms with Crippen molar-refractivity contribution in [3.63, 3.8) is 0 Å². The predicted octanol–water partition coefficient (Wildman–Crippen LogP) is 2.44. The first-order chi connectivity index (χ1) is 9.38. The number of benzene rings is 1. The Morgan fingerprint density at radius 1 is 1.11 bits per heavy atom. The van der Waals surface area contributed by atoms with Gasteiger partial charge in [0.25, 0.3) is 0 Å². The summed E-state index contributed by atoms with van der Waals surface area (Å²) in [4.78, 5) is 10.9. The molecule has 98 valence electrons. The van der Waals surface area contributed by atoms with Crippen molar-refractivity contribution in [2.45, 2.75) is 25.9 Å². The first-order valence-electron chi connectivity index (χ1n) is 6.66. The Labute approximate surface area is 112 Å². The molecule has 0 atom stereocenters. The highest BCUT2D eigenvalue weighted by atomic mass is 16.3. The summed E-state index contributed by atoms with van der Waals surface area (Å²) in [7, 11) is 0. The summed E-state index contributed by atoms with van der Waals surface area (Å²) >= 11 is 0. The van der Waals surface area contributed by atoms with Crippen LogP contribution in [-0.2, 0) is 13.0 Å². The smallest absolute Gasteiger partial charge is 0.151 e. The van der Waals surface area contributed by atoms with Gasteiger partial charge in [-0.3, -0.25) is 4.98 Å². The van der Waals surface area contributed by atoms with Crippen LogP contribution in [0, 0.1) is 0 Å². The fourth-order valence-corrected chi connectivity index (χ4v) is 2.50. The first kappa shape index (κ1) is 12.1. The third-order valence-corrected chi connectivity index (χ3v) is 3.49. The van der Waals surface area contributed by atoms with Gasteiger partial charge in [-0.1, -0.05) is 18.2 Å². The number of rotatable bonds is 2. The number of hydrogen-bond donors (Lipinski definition) is 1. The molecule has 0 aliphatic carbocycles. The van der Waals surface area contributed by atoms with Crippen LogP contribution in [0.4, 0.5) is 11.5 Å². The van der Waals surface area contributed by atoms with Crippen LogP contribution in [-0.4, -0.2) is 21.6 Å². The van der Waals surface area contributed by atoms with Crippen molar-refractivity contribution < 1.29 is 5.11 Å². The maximum atomic E-state index is 9.03. The van der Waals surface area contributed by atoms with Gasteiger partial charge in [-0.05, 0) is 30.9 Å². The third kappa shape index (κ3) is 2.44. The quantitative estimate of drug-likeness (QED) is 0.895. The molecule has 0 saturated heterocycles. The van der Waals surface area contributed by atoms with E-state index in [4.69, 9.17) is 5.11 Å². The average molecular weight is 255 g/mol. The van der Waals surface area contributed by atoms with Gasteiger partial charge in [-0.25, -0.2) is 4.98 Å². The Morgan fingerprint density at radius 2 is 2.00 bits per heavy atom. The zero-order chi connectivity index (χ0) is 13.1. The van der Waals surface area contributed by atoms with E-state index in [1.165, 1.54) is 17.7 Å². The van der Waals surface area contributed by atoms with E-state index >= 15 is 0 Å². The van der Waals surface area contributed by atoms with Crippen molar-refractivity contribution >= 4 is 11.5 Å². The largest absolute Gasteiger partial charge is 0.390 e. The molecule has 4 heteroatoms. The molecule has 0 unspecified atom stereocenters. The lowest BCUT2D eigenvalue weighted by molar-refractivity contribution is 0.276. The molecular weight excluding hydrogens is 238 g/mol. The van der Waals surface area contributed by atoms with Gasteiger partial charge in [0.2, 0.25) is 0 Å². The normalized spacial score (nSPS) is 14.9. The molecule has 19 heavy (non-hydrogen) atoms. The fourth-order valence-electron chi connectivity index (χ4n) is 2.50. The molecule has 1 aliphatic rings. The number of para-hydroxylation sites is 1. The van der Waals surface area contributed by atoms with E-state index in [9.17, 15) is 0 Å². The van der Waals surface area contributed by atoms with Gasteiger partial charge < -0.3 is 10.0 Å². The van der Waals surface area contributed by atoms with Gasteiger partial charge in [0, 0.05) is 12.2 Å². The van der Waals surface area contributed by atoms with E-state index in [1.807, 2.05) is 0 Å². The highest BCUT2D eigenvalue weighted by Crippen LogP contribution is 2.30. The molecule has 0 amide bonds. The molecule has 3 rings (SSSR count). The second-order valence-electron chi connectivity index (χ2n) is 4.76. The summed E-state index contributed by atoms with van der Waals surface area (Å²) in [6.45, 7) is 0.897. The van der Waals surface area contributed by atoms with Crippen LogP contribution in [0.5, 0.6) is 0 Å².